The largest absolute Gasteiger partial charge is 0.508 e. The third kappa shape index (κ3) is 4.70. The van der Waals surface area contributed by atoms with E-state index in [1.807, 2.05) is 23.2 Å². The number of hydrogen-bond donors (Lipinski definition) is 1. The quantitative estimate of drug-likeness (QED) is 0.333. The molecule has 3 aromatic rings. The van der Waals surface area contributed by atoms with Gasteiger partial charge in [-0.1, -0.05) is 18.2 Å². The molecule has 6 heterocycles. The normalized spacial score (nSPS) is 28.1. The van der Waals surface area contributed by atoms with Crippen molar-refractivity contribution in [3.8, 4) is 22.9 Å². The number of anilines is 1. The Kier molecular flexibility index (Phi) is 6.75. The number of carbonyl (C=O) groups excluding carboxylic acids is 1. The predicted octanol–water partition coefficient (Wildman–Crippen LogP) is 5.85. The smallest absolute Gasteiger partial charge is 0.246 e. The summed E-state index contributed by atoms with van der Waals surface area (Å²) < 4.78 is 21.0. The number of amides is 1. The Morgan fingerprint density at radius 2 is 1.95 bits per heavy atom. The van der Waals surface area contributed by atoms with Crippen LogP contribution in [-0.2, 0) is 4.79 Å². The van der Waals surface area contributed by atoms with Gasteiger partial charge in [-0.3, -0.25) is 14.7 Å². The van der Waals surface area contributed by atoms with Crippen LogP contribution in [0.4, 0.5) is 10.1 Å². The van der Waals surface area contributed by atoms with Gasteiger partial charge in [0.25, 0.3) is 0 Å². The zero-order valence-electron chi connectivity index (χ0n) is 24.7. The van der Waals surface area contributed by atoms with E-state index in [0.29, 0.717) is 55.2 Å². The highest BCUT2D eigenvalue weighted by Gasteiger charge is 2.49. The second-order valence-corrected chi connectivity index (χ2v) is 13.7. The third-order valence-electron chi connectivity index (χ3n) is 10.5. The summed E-state index contributed by atoms with van der Waals surface area (Å²) in [5.74, 6) is 0.957. The summed E-state index contributed by atoms with van der Waals surface area (Å²) in [6.45, 7) is 6.89. The summed E-state index contributed by atoms with van der Waals surface area (Å²) in [4.78, 5) is 29.1. The first kappa shape index (κ1) is 28.1. The van der Waals surface area contributed by atoms with Crippen LogP contribution in [0.25, 0.3) is 22.2 Å². The Morgan fingerprint density at radius 3 is 2.70 bits per heavy atom. The van der Waals surface area contributed by atoms with Gasteiger partial charge in [0.2, 0.25) is 11.8 Å². The first-order valence-electron chi connectivity index (χ1n) is 15.9. The minimum absolute atomic E-state index is 0.00795. The summed E-state index contributed by atoms with van der Waals surface area (Å²) in [6, 6.07) is 7.52. The van der Waals surface area contributed by atoms with Crippen LogP contribution < -0.4 is 9.64 Å². The molecule has 4 atom stereocenters. The van der Waals surface area contributed by atoms with E-state index >= 15 is 0 Å². The molecule has 1 amide bonds. The van der Waals surface area contributed by atoms with Gasteiger partial charge in [0.15, 0.2) is 0 Å². The van der Waals surface area contributed by atoms with E-state index in [4.69, 9.17) is 26.3 Å². The van der Waals surface area contributed by atoms with Gasteiger partial charge in [-0.15, -0.1) is 0 Å². The number of fused-ring (bicyclic) bond motifs is 4. The fraction of sp³-hybridized carbons (Fsp3) is 0.500. The molecular weight excluding hydrogens is 581 g/mol. The number of nitrogens with zero attached hydrogens (tertiary/aromatic N) is 5. The van der Waals surface area contributed by atoms with E-state index in [0.717, 1.165) is 72.8 Å². The number of phenols is 1. The number of alkyl halides is 1. The molecule has 2 unspecified atom stereocenters. The first-order chi connectivity index (χ1) is 21.3. The molecule has 1 aromatic carbocycles. The first-order valence-corrected chi connectivity index (χ1v) is 16.2. The molecule has 1 saturated carbocycles. The lowest BCUT2D eigenvalue weighted by Crippen LogP contribution is -2.55. The summed E-state index contributed by atoms with van der Waals surface area (Å²) >= 11 is 6.63. The van der Waals surface area contributed by atoms with Crippen LogP contribution in [0.15, 0.2) is 43.1 Å². The number of aromatic hydroxyl groups is 1. The third-order valence-corrected chi connectivity index (χ3v) is 10.8. The van der Waals surface area contributed by atoms with Crippen molar-refractivity contribution in [3.63, 3.8) is 0 Å². The molecule has 1 N–H and O–H groups in total. The second kappa shape index (κ2) is 10.6. The fourth-order valence-corrected chi connectivity index (χ4v) is 8.76. The van der Waals surface area contributed by atoms with Crippen LogP contribution in [-0.4, -0.2) is 87.4 Å². The zero-order chi connectivity index (χ0) is 30.2. The van der Waals surface area contributed by atoms with Crippen LogP contribution >= 0.6 is 11.6 Å². The maximum atomic E-state index is 14.5. The lowest BCUT2D eigenvalue weighted by atomic mass is 9.95. The molecule has 2 aromatic heterocycles. The lowest BCUT2D eigenvalue weighted by molar-refractivity contribution is -0.129. The van der Waals surface area contributed by atoms with Gasteiger partial charge in [0.1, 0.15) is 18.5 Å². The number of pyridine rings is 2. The maximum Gasteiger partial charge on any atom is 0.246 e. The van der Waals surface area contributed by atoms with Crippen molar-refractivity contribution in [2.75, 3.05) is 37.7 Å². The van der Waals surface area contributed by atoms with Gasteiger partial charge < -0.3 is 19.6 Å². The average molecular weight is 618 g/mol. The van der Waals surface area contributed by atoms with Gasteiger partial charge in [0.05, 0.1) is 22.4 Å². The average Bonchev–Trinajstić information content (AvgIpc) is 3.62. The summed E-state index contributed by atoms with van der Waals surface area (Å²) in [6.07, 6.45) is 8.96. The van der Waals surface area contributed by atoms with E-state index in [-0.39, 0.29) is 29.3 Å². The van der Waals surface area contributed by atoms with E-state index in [9.17, 15) is 14.3 Å². The van der Waals surface area contributed by atoms with Crippen molar-refractivity contribution >= 4 is 34.1 Å². The molecule has 2 bridgehead atoms. The Balaban J connectivity index is 1.19. The summed E-state index contributed by atoms with van der Waals surface area (Å²) in [7, 11) is 0. The zero-order valence-corrected chi connectivity index (χ0v) is 25.5. The Morgan fingerprint density at radius 1 is 1.16 bits per heavy atom. The second-order valence-electron chi connectivity index (χ2n) is 13.3. The topological polar surface area (TPSA) is 82.0 Å². The van der Waals surface area contributed by atoms with Crippen molar-refractivity contribution in [2.24, 2.45) is 0 Å². The monoisotopic (exact) mass is 617 g/mol. The molecule has 0 spiro atoms. The van der Waals surface area contributed by atoms with Gasteiger partial charge >= 0.3 is 0 Å². The highest BCUT2D eigenvalue weighted by molar-refractivity contribution is 6.32. The van der Waals surface area contributed by atoms with E-state index in [1.165, 1.54) is 6.08 Å². The molecule has 4 saturated heterocycles. The molecule has 1 aliphatic carbocycles. The van der Waals surface area contributed by atoms with Crippen molar-refractivity contribution in [1.29, 1.82) is 0 Å². The van der Waals surface area contributed by atoms with E-state index < -0.39 is 6.17 Å². The van der Waals surface area contributed by atoms with E-state index in [1.54, 1.807) is 12.1 Å². The molecule has 8 nitrogen and oxygen atoms in total. The Bertz CT molecular complexity index is 1650. The molecule has 0 radical (unpaired) electrons. The molecule has 230 valence electrons. The summed E-state index contributed by atoms with van der Waals surface area (Å²) in [5.41, 5.74) is 3.96. The number of ether oxygens (including phenoxy) is 1. The number of halogens is 2. The van der Waals surface area contributed by atoms with Crippen LogP contribution in [0, 0.1) is 0 Å². The van der Waals surface area contributed by atoms with Gasteiger partial charge in [0, 0.05) is 66.4 Å². The van der Waals surface area contributed by atoms with Gasteiger partial charge in [-0.05, 0) is 80.8 Å². The number of aromatic nitrogens is 2. The van der Waals surface area contributed by atoms with Crippen LogP contribution in [0.2, 0.25) is 5.02 Å². The van der Waals surface area contributed by atoms with Gasteiger partial charge in [-0.25, -0.2) is 9.37 Å². The number of phenolic OH excluding ortho intramolecular Hbond substituents is 1. The standard InChI is InChI=1S/C34H37ClFN5O3/c1-2-32(43)41-22-6-7-23(41)18-39(17-22)30-13-31(44-19-34-8-3-9-40(34)16-21(36)14-34)38-29-12-28(37-15-26(29)30)25-10-24(42)11-27(35)33(25)20-4-5-20/h2,10-13,15,20-23,42H,1,3-9,14,16-19H2/t21-,22?,23?,34+/m1/s1. The fourth-order valence-electron chi connectivity index (χ4n) is 8.39. The molecule has 5 fully saturated rings. The lowest BCUT2D eigenvalue weighted by Gasteiger charge is -2.42. The van der Waals surface area contributed by atoms with Gasteiger partial charge in [-0.2, -0.15) is 0 Å². The van der Waals surface area contributed by atoms with Crippen molar-refractivity contribution in [3.05, 3.63) is 53.7 Å². The predicted molar refractivity (Wildman–Crippen MR) is 168 cm³/mol. The summed E-state index contributed by atoms with van der Waals surface area (Å²) in [5, 5.41) is 11.9. The van der Waals surface area contributed by atoms with Crippen molar-refractivity contribution in [1.82, 2.24) is 19.8 Å². The molecule has 44 heavy (non-hydrogen) atoms. The maximum absolute atomic E-state index is 14.5. The molecule has 8 rings (SSSR count). The molecule has 10 heteroatoms. The molecule has 4 aliphatic heterocycles. The number of carbonyl (C=O) groups is 1. The van der Waals surface area contributed by atoms with Crippen LogP contribution in [0.3, 0.4) is 0 Å². The highest BCUT2D eigenvalue weighted by Crippen LogP contribution is 2.49. The van der Waals surface area contributed by atoms with Crippen molar-refractivity contribution in [2.45, 2.75) is 74.7 Å². The number of piperazine rings is 1. The Hall–Kier alpha value is -3.43. The minimum Gasteiger partial charge on any atom is -0.508 e. The van der Waals surface area contributed by atoms with Crippen LogP contribution in [0.5, 0.6) is 11.6 Å². The SMILES string of the molecule is C=CC(=O)N1C2CCC1CN(c1cc(OC[C@@]34CCCN3C[C@H](F)C4)nc3cc(-c4cc(O)cc(Cl)c4C4CC4)ncc13)C2. The molecular formula is C34H37ClFN5O3. The van der Waals surface area contributed by atoms with E-state index in [2.05, 4.69) is 16.4 Å². The number of benzene rings is 1. The minimum atomic E-state index is -0.826. The number of rotatable bonds is 7. The number of hydrogen-bond acceptors (Lipinski definition) is 7. The molecule has 5 aliphatic rings. The highest BCUT2D eigenvalue weighted by atomic mass is 35.5. The van der Waals surface area contributed by atoms with Crippen molar-refractivity contribution < 1.29 is 19.0 Å². The Labute approximate surface area is 261 Å². The van der Waals surface area contributed by atoms with Crippen LogP contribution in [0.1, 0.15) is 56.4 Å².